The SMILES string of the molecule is CNC(=O)C(Cc1ccccc1)N(Cc1ccc(Cl)cc1)C(=O)COc1cc(OC)cc(OC)c1. The minimum Gasteiger partial charge on any atom is -0.496 e. The fourth-order valence-electron chi connectivity index (χ4n) is 3.60. The van der Waals surface area contributed by atoms with Crippen molar-refractivity contribution in [1.82, 2.24) is 10.2 Å². The number of carbonyl (C=O) groups excluding carboxylic acids is 2. The van der Waals surface area contributed by atoms with Crippen LogP contribution in [-0.2, 0) is 22.6 Å². The Morgan fingerprint density at radius 3 is 2.06 bits per heavy atom. The Kier molecular flexibility index (Phi) is 9.38. The second-order valence-electron chi connectivity index (χ2n) is 7.80. The summed E-state index contributed by atoms with van der Waals surface area (Å²) in [5.41, 5.74) is 1.78. The number of rotatable bonds is 11. The van der Waals surface area contributed by atoms with E-state index in [1.165, 1.54) is 19.1 Å². The van der Waals surface area contributed by atoms with Crippen LogP contribution in [-0.4, -0.2) is 50.6 Å². The lowest BCUT2D eigenvalue weighted by Crippen LogP contribution is -2.51. The lowest BCUT2D eigenvalue weighted by molar-refractivity contribution is -0.142. The third-order valence-corrected chi connectivity index (χ3v) is 5.72. The van der Waals surface area contributed by atoms with Gasteiger partial charge in [0.25, 0.3) is 5.91 Å². The van der Waals surface area contributed by atoms with E-state index in [1.807, 2.05) is 42.5 Å². The molecule has 1 unspecified atom stereocenters. The molecule has 0 spiro atoms. The van der Waals surface area contributed by atoms with E-state index in [1.54, 1.807) is 37.4 Å². The molecule has 3 aromatic carbocycles. The zero-order valence-electron chi connectivity index (χ0n) is 20.0. The van der Waals surface area contributed by atoms with Crippen LogP contribution >= 0.6 is 11.6 Å². The summed E-state index contributed by atoms with van der Waals surface area (Å²) in [6.07, 6.45) is 0.354. The topological polar surface area (TPSA) is 77.1 Å². The Bertz CT molecular complexity index is 1100. The van der Waals surface area contributed by atoms with Crippen molar-refractivity contribution in [3.05, 3.63) is 88.9 Å². The van der Waals surface area contributed by atoms with Gasteiger partial charge in [0.2, 0.25) is 5.91 Å². The molecule has 0 radical (unpaired) electrons. The number of halogens is 1. The molecule has 0 bridgehead atoms. The molecule has 0 aromatic heterocycles. The average molecular weight is 497 g/mol. The van der Waals surface area contributed by atoms with Crippen molar-refractivity contribution >= 4 is 23.4 Å². The Hall–Kier alpha value is -3.71. The highest BCUT2D eigenvalue weighted by Gasteiger charge is 2.30. The zero-order chi connectivity index (χ0) is 25.2. The minimum atomic E-state index is -0.742. The molecular formula is C27H29ClN2O5. The van der Waals surface area contributed by atoms with E-state index in [-0.39, 0.29) is 25.0 Å². The van der Waals surface area contributed by atoms with Gasteiger partial charge in [-0.3, -0.25) is 9.59 Å². The summed E-state index contributed by atoms with van der Waals surface area (Å²) in [6, 6.07) is 21.1. The highest BCUT2D eigenvalue weighted by Crippen LogP contribution is 2.27. The minimum absolute atomic E-state index is 0.214. The van der Waals surface area contributed by atoms with E-state index in [9.17, 15) is 9.59 Å². The van der Waals surface area contributed by atoms with Crippen LogP contribution in [0.2, 0.25) is 5.02 Å². The molecule has 0 fully saturated rings. The van der Waals surface area contributed by atoms with Crippen LogP contribution in [0.5, 0.6) is 17.2 Å². The Balaban J connectivity index is 1.87. The van der Waals surface area contributed by atoms with Gasteiger partial charge in [0.1, 0.15) is 23.3 Å². The molecule has 0 saturated carbocycles. The molecule has 3 rings (SSSR count). The van der Waals surface area contributed by atoms with Gasteiger partial charge in [-0.25, -0.2) is 0 Å². The van der Waals surface area contributed by atoms with Gasteiger partial charge >= 0.3 is 0 Å². The van der Waals surface area contributed by atoms with Crippen LogP contribution in [0, 0.1) is 0 Å². The molecule has 0 aliphatic rings. The first kappa shape index (κ1) is 25.9. The smallest absolute Gasteiger partial charge is 0.261 e. The van der Waals surface area contributed by atoms with Gasteiger partial charge in [0, 0.05) is 43.2 Å². The number of hydrogen-bond acceptors (Lipinski definition) is 5. The first-order valence-corrected chi connectivity index (χ1v) is 11.5. The summed E-state index contributed by atoms with van der Waals surface area (Å²) in [5, 5.41) is 3.28. The number of hydrogen-bond donors (Lipinski definition) is 1. The number of amides is 2. The number of benzene rings is 3. The van der Waals surface area contributed by atoms with Gasteiger partial charge in [0.05, 0.1) is 14.2 Å². The Morgan fingerprint density at radius 1 is 0.886 bits per heavy atom. The molecule has 3 aromatic rings. The largest absolute Gasteiger partial charge is 0.496 e. The quantitative estimate of drug-likeness (QED) is 0.432. The average Bonchev–Trinajstić information content (AvgIpc) is 2.90. The molecule has 0 aliphatic carbocycles. The number of nitrogens with one attached hydrogen (secondary N) is 1. The predicted molar refractivity (Wildman–Crippen MR) is 135 cm³/mol. The first-order valence-electron chi connectivity index (χ1n) is 11.1. The normalized spacial score (nSPS) is 11.3. The van der Waals surface area contributed by atoms with Gasteiger partial charge in [-0.05, 0) is 23.3 Å². The number of methoxy groups -OCH3 is 2. The number of ether oxygens (including phenoxy) is 3. The number of carbonyl (C=O) groups is 2. The summed E-state index contributed by atoms with van der Waals surface area (Å²) in [7, 11) is 4.63. The third kappa shape index (κ3) is 7.39. The molecular weight excluding hydrogens is 468 g/mol. The van der Waals surface area contributed by atoms with Crippen LogP contribution < -0.4 is 19.5 Å². The summed E-state index contributed by atoms with van der Waals surface area (Å²) in [5.74, 6) is 0.889. The molecule has 2 amide bonds. The standard InChI is InChI=1S/C27H29ClN2O5/c1-29-27(32)25(13-19-7-5-4-6-8-19)30(17-20-9-11-21(28)12-10-20)26(31)18-35-24-15-22(33-2)14-23(16-24)34-3/h4-12,14-16,25H,13,17-18H2,1-3H3,(H,29,32). The van der Waals surface area contributed by atoms with E-state index in [4.69, 9.17) is 25.8 Å². The van der Waals surface area contributed by atoms with Crippen LogP contribution in [0.3, 0.4) is 0 Å². The van der Waals surface area contributed by atoms with Crippen molar-refractivity contribution in [3.63, 3.8) is 0 Å². The fraction of sp³-hybridized carbons (Fsp3) is 0.259. The highest BCUT2D eigenvalue weighted by molar-refractivity contribution is 6.30. The molecule has 8 heteroatoms. The maximum absolute atomic E-state index is 13.5. The van der Waals surface area contributed by atoms with Gasteiger partial charge < -0.3 is 24.4 Å². The van der Waals surface area contributed by atoms with Crippen LogP contribution in [0.1, 0.15) is 11.1 Å². The maximum Gasteiger partial charge on any atom is 0.261 e. The van der Waals surface area contributed by atoms with Crippen molar-refractivity contribution in [2.45, 2.75) is 19.0 Å². The predicted octanol–water partition coefficient (Wildman–Crippen LogP) is 4.12. The summed E-state index contributed by atoms with van der Waals surface area (Å²) in [6.45, 7) is -0.0576. The van der Waals surface area contributed by atoms with Crippen molar-refractivity contribution in [3.8, 4) is 17.2 Å². The number of nitrogens with zero attached hydrogens (tertiary/aromatic N) is 1. The molecule has 0 heterocycles. The second kappa shape index (κ2) is 12.7. The Morgan fingerprint density at radius 2 is 1.49 bits per heavy atom. The van der Waals surface area contributed by atoms with E-state index < -0.39 is 6.04 Å². The summed E-state index contributed by atoms with van der Waals surface area (Å²) >= 11 is 6.04. The van der Waals surface area contributed by atoms with Crippen molar-refractivity contribution in [2.24, 2.45) is 0 Å². The summed E-state index contributed by atoms with van der Waals surface area (Å²) in [4.78, 5) is 28.0. The van der Waals surface area contributed by atoms with Crippen molar-refractivity contribution in [2.75, 3.05) is 27.9 Å². The van der Waals surface area contributed by atoms with Crippen LogP contribution in [0.4, 0.5) is 0 Å². The molecule has 35 heavy (non-hydrogen) atoms. The van der Waals surface area contributed by atoms with Gasteiger partial charge in [-0.2, -0.15) is 0 Å². The van der Waals surface area contributed by atoms with E-state index in [2.05, 4.69) is 5.32 Å². The van der Waals surface area contributed by atoms with Gasteiger partial charge in [-0.1, -0.05) is 54.1 Å². The zero-order valence-corrected chi connectivity index (χ0v) is 20.7. The van der Waals surface area contributed by atoms with Crippen LogP contribution in [0.25, 0.3) is 0 Å². The fourth-order valence-corrected chi connectivity index (χ4v) is 3.73. The van der Waals surface area contributed by atoms with E-state index in [0.29, 0.717) is 28.7 Å². The molecule has 1 atom stereocenters. The maximum atomic E-state index is 13.5. The van der Waals surface area contributed by atoms with Crippen molar-refractivity contribution < 1.29 is 23.8 Å². The monoisotopic (exact) mass is 496 g/mol. The van der Waals surface area contributed by atoms with Gasteiger partial charge in [0.15, 0.2) is 6.61 Å². The lowest BCUT2D eigenvalue weighted by Gasteiger charge is -2.31. The first-order chi connectivity index (χ1) is 16.9. The number of likely N-dealkylation sites (N-methyl/N-ethyl adjacent to an activating group) is 1. The lowest BCUT2D eigenvalue weighted by atomic mass is 10.0. The highest BCUT2D eigenvalue weighted by atomic mass is 35.5. The van der Waals surface area contributed by atoms with E-state index >= 15 is 0 Å². The summed E-state index contributed by atoms with van der Waals surface area (Å²) < 4.78 is 16.3. The molecule has 0 saturated heterocycles. The Labute approximate surface area is 210 Å². The van der Waals surface area contributed by atoms with Crippen molar-refractivity contribution in [1.29, 1.82) is 0 Å². The molecule has 7 nitrogen and oxygen atoms in total. The van der Waals surface area contributed by atoms with Crippen LogP contribution in [0.15, 0.2) is 72.8 Å². The van der Waals surface area contributed by atoms with Gasteiger partial charge in [-0.15, -0.1) is 0 Å². The third-order valence-electron chi connectivity index (χ3n) is 5.47. The molecule has 0 aliphatic heterocycles. The van der Waals surface area contributed by atoms with E-state index in [0.717, 1.165) is 11.1 Å². The second-order valence-corrected chi connectivity index (χ2v) is 8.24. The molecule has 1 N–H and O–H groups in total. The molecule has 184 valence electrons.